The molecule has 1 unspecified atom stereocenters. The molecular formula is C35H37F3N2O2S. The number of hydrogen-bond acceptors (Lipinski definition) is 5. The number of hydrogen-bond donors (Lipinski definition) is 2. The van der Waals surface area contributed by atoms with Crippen molar-refractivity contribution in [2.24, 2.45) is 0 Å². The van der Waals surface area contributed by atoms with Crippen molar-refractivity contribution in [1.82, 2.24) is 10.6 Å². The molecule has 0 saturated heterocycles. The largest absolute Gasteiger partial charge is 0.486 e. The molecule has 5 rings (SSSR count). The van der Waals surface area contributed by atoms with Crippen LogP contribution in [0.3, 0.4) is 0 Å². The van der Waals surface area contributed by atoms with Gasteiger partial charge in [0, 0.05) is 23.1 Å². The summed E-state index contributed by atoms with van der Waals surface area (Å²) in [6, 6.07) is 33.3. The molecule has 0 bridgehead atoms. The van der Waals surface area contributed by atoms with Gasteiger partial charge in [-0.3, -0.25) is 0 Å². The van der Waals surface area contributed by atoms with Crippen molar-refractivity contribution in [3.05, 3.63) is 131 Å². The first-order chi connectivity index (χ1) is 20.9. The minimum absolute atomic E-state index is 0.100. The quantitative estimate of drug-likeness (QED) is 0.149. The summed E-state index contributed by atoms with van der Waals surface area (Å²) in [5.41, 5.74) is 0.323. The van der Waals surface area contributed by atoms with Crippen molar-refractivity contribution >= 4 is 22.1 Å². The van der Waals surface area contributed by atoms with Gasteiger partial charge in [0.1, 0.15) is 23.7 Å². The van der Waals surface area contributed by atoms with Crippen molar-refractivity contribution in [2.45, 2.75) is 31.2 Å². The first kappa shape index (κ1) is 32.1. The SMILES string of the molecule is CNCCC(Oc1ccc(C(F)(F)F)cc1)c1ccccc1.CNCC[C@H](Oc1cccc2ccccc12)c1cccs1. The van der Waals surface area contributed by atoms with Gasteiger partial charge < -0.3 is 20.1 Å². The summed E-state index contributed by atoms with van der Waals surface area (Å²) in [6.45, 7) is 1.69. The van der Waals surface area contributed by atoms with E-state index in [1.165, 1.54) is 27.8 Å². The van der Waals surface area contributed by atoms with Gasteiger partial charge in [-0.25, -0.2) is 0 Å². The Balaban J connectivity index is 0.000000197. The van der Waals surface area contributed by atoms with Crippen LogP contribution in [-0.2, 0) is 6.18 Å². The van der Waals surface area contributed by atoms with Crippen LogP contribution in [0.4, 0.5) is 13.2 Å². The molecule has 43 heavy (non-hydrogen) atoms. The number of ether oxygens (including phenoxy) is 2. The molecule has 0 spiro atoms. The molecule has 1 heterocycles. The van der Waals surface area contributed by atoms with Crippen molar-refractivity contribution in [3.8, 4) is 11.5 Å². The average Bonchev–Trinajstić information content (AvgIpc) is 3.57. The number of rotatable bonds is 12. The Bertz CT molecular complexity index is 1490. The van der Waals surface area contributed by atoms with Crippen LogP contribution in [0.25, 0.3) is 10.8 Å². The molecule has 0 aliphatic carbocycles. The van der Waals surface area contributed by atoms with E-state index < -0.39 is 11.7 Å². The number of halogens is 3. The summed E-state index contributed by atoms with van der Waals surface area (Å²) in [6.07, 6.45) is -2.75. The number of benzene rings is 4. The lowest BCUT2D eigenvalue weighted by molar-refractivity contribution is -0.137. The van der Waals surface area contributed by atoms with E-state index in [9.17, 15) is 13.2 Å². The molecule has 4 aromatic carbocycles. The zero-order chi connectivity index (χ0) is 30.5. The zero-order valence-corrected chi connectivity index (χ0v) is 25.1. The second-order valence-corrected chi connectivity index (χ2v) is 10.9. The highest BCUT2D eigenvalue weighted by Crippen LogP contribution is 2.33. The van der Waals surface area contributed by atoms with Crippen LogP contribution in [0, 0.1) is 0 Å². The standard InChI is InChI=1S/C18H19NOS.C17H18F3NO/c1-19-12-11-17(18-10-5-13-21-18)20-16-9-4-7-14-6-2-3-8-15(14)16;1-21-12-11-16(13-5-3-2-4-6-13)22-15-9-7-14(8-10-15)17(18,19)20/h2-10,13,17,19H,11-12H2,1H3;2-10,16,21H,11-12H2,1H3/t17-;/m0./s1. The molecular weight excluding hydrogens is 569 g/mol. The highest BCUT2D eigenvalue weighted by Gasteiger charge is 2.30. The predicted octanol–water partition coefficient (Wildman–Crippen LogP) is 9.07. The zero-order valence-electron chi connectivity index (χ0n) is 24.3. The van der Waals surface area contributed by atoms with Gasteiger partial charge >= 0.3 is 6.18 Å². The topological polar surface area (TPSA) is 42.5 Å². The maximum Gasteiger partial charge on any atom is 0.416 e. The van der Waals surface area contributed by atoms with Gasteiger partial charge in [-0.2, -0.15) is 13.2 Å². The van der Waals surface area contributed by atoms with E-state index in [4.69, 9.17) is 9.47 Å². The van der Waals surface area contributed by atoms with Crippen molar-refractivity contribution in [3.63, 3.8) is 0 Å². The van der Waals surface area contributed by atoms with Crippen molar-refractivity contribution < 1.29 is 22.6 Å². The normalized spacial score (nSPS) is 12.7. The highest BCUT2D eigenvalue weighted by molar-refractivity contribution is 7.10. The molecule has 0 fully saturated rings. The monoisotopic (exact) mass is 606 g/mol. The molecule has 2 N–H and O–H groups in total. The molecule has 0 amide bonds. The van der Waals surface area contributed by atoms with Gasteiger partial charge in [0.05, 0.1) is 5.56 Å². The van der Waals surface area contributed by atoms with E-state index in [0.29, 0.717) is 5.75 Å². The third-order valence-corrected chi connectivity index (χ3v) is 7.79. The number of alkyl halides is 3. The fourth-order valence-electron chi connectivity index (χ4n) is 4.58. The first-order valence-corrected chi connectivity index (χ1v) is 15.1. The Hall–Kier alpha value is -3.85. The van der Waals surface area contributed by atoms with Crippen LogP contribution in [-0.4, -0.2) is 27.2 Å². The smallest absolute Gasteiger partial charge is 0.416 e. The van der Waals surface area contributed by atoms with Crippen LogP contribution in [0.2, 0.25) is 0 Å². The van der Waals surface area contributed by atoms with Crippen molar-refractivity contribution in [2.75, 3.05) is 27.2 Å². The van der Waals surface area contributed by atoms with E-state index in [1.807, 2.05) is 44.4 Å². The molecule has 4 nitrogen and oxygen atoms in total. The second kappa shape index (κ2) is 16.1. The molecule has 2 atom stereocenters. The summed E-state index contributed by atoms with van der Waals surface area (Å²) in [7, 11) is 3.82. The van der Waals surface area contributed by atoms with E-state index in [0.717, 1.165) is 49.4 Å². The third kappa shape index (κ3) is 9.58. The molecule has 0 aliphatic heterocycles. The minimum Gasteiger partial charge on any atom is -0.486 e. The first-order valence-electron chi connectivity index (χ1n) is 14.2. The van der Waals surface area contributed by atoms with E-state index in [-0.39, 0.29) is 12.2 Å². The van der Waals surface area contributed by atoms with Crippen LogP contribution < -0.4 is 20.1 Å². The van der Waals surface area contributed by atoms with Crippen molar-refractivity contribution in [1.29, 1.82) is 0 Å². The summed E-state index contributed by atoms with van der Waals surface area (Å²) in [5.74, 6) is 1.39. The average molecular weight is 607 g/mol. The van der Waals surface area contributed by atoms with Crippen LogP contribution >= 0.6 is 11.3 Å². The minimum atomic E-state index is -4.33. The highest BCUT2D eigenvalue weighted by atomic mass is 32.1. The molecule has 5 aromatic rings. The number of nitrogens with one attached hydrogen (secondary N) is 2. The lowest BCUT2D eigenvalue weighted by Crippen LogP contribution is -2.16. The third-order valence-electron chi connectivity index (χ3n) is 6.82. The van der Waals surface area contributed by atoms with Crippen LogP contribution in [0.5, 0.6) is 11.5 Å². The fraction of sp³-hybridized carbons (Fsp3) is 0.257. The van der Waals surface area contributed by atoms with Gasteiger partial charge in [0.15, 0.2) is 0 Å². The van der Waals surface area contributed by atoms with Gasteiger partial charge in [-0.05, 0) is 79.9 Å². The predicted molar refractivity (Wildman–Crippen MR) is 170 cm³/mol. The van der Waals surface area contributed by atoms with Crippen LogP contribution in [0.1, 0.15) is 41.1 Å². The Labute approximate surface area is 255 Å². The van der Waals surface area contributed by atoms with E-state index in [2.05, 4.69) is 70.6 Å². The number of thiophene rings is 1. The Morgan fingerprint density at radius 1 is 0.674 bits per heavy atom. The van der Waals surface area contributed by atoms with Gasteiger partial charge in [-0.15, -0.1) is 11.3 Å². The Kier molecular flexibility index (Phi) is 12.0. The maximum absolute atomic E-state index is 12.6. The van der Waals surface area contributed by atoms with Gasteiger partial charge in [0.2, 0.25) is 0 Å². The summed E-state index contributed by atoms with van der Waals surface area (Å²) in [4.78, 5) is 1.28. The molecule has 1 aromatic heterocycles. The molecule has 0 saturated carbocycles. The maximum atomic E-state index is 12.6. The fourth-order valence-corrected chi connectivity index (χ4v) is 5.37. The molecule has 0 aliphatic rings. The lowest BCUT2D eigenvalue weighted by Gasteiger charge is -2.20. The van der Waals surface area contributed by atoms with Gasteiger partial charge in [-0.1, -0.05) is 72.8 Å². The summed E-state index contributed by atoms with van der Waals surface area (Å²) < 4.78 is 49.9. The Morgan fingerprint density at radius 3 is 1.98 bits per heavy atom. The number of fused-ring (bicyclic) bond motifs is 1. The summed E-state index contributed by atoms with van der Waals surface area (Å²) >= 11 is 1.75. The molecule has 8 heteroatoms. The second-order valence-electron chi connectivity index (χ2n) is 9.92. The molecule has 226 valence electrons. The lowest BCUT2D eigenvalue weighted by atomic mass is 10.1. The van der Waals surface area contributed by atoms with Gasteiger partial charge in [0.25, 0.3) is 0 Å². The molecule has 0 radical (unpaired) electrons. The summed E-state index contributed by atoms with van der Waals surface area (Å²) in [5, 5.41) is 10.8. The van der Waals surface area contributed by atoms with E-state index >= 15 is 0 Å². The van der Waals surface area contributed by atoms with Crippen LogP contribution in [0.15, 0.2) is 115 Å². The Morgan fingerprint density at radius 2 is 1.33 bits per heavy atom. The van der Waals surface area contributed by atoms with E-state index in [1.54, 1.807) is 11.3 Å².